The fourth-order valence-corrected chi connectivity index (χ4v) is 3.66. The lowest BCUT2D eigenvalue weighted by molar-refractivity contribution is 0.522. The van der Waals surface area contributed by atoms with E-state index in [0.717, 1.165) is 5.92 Å². The predicted molar refractivity (Wildman–Crippen MR) is 78.8 cm³/mol. The van der Waals surface area contributed by atoms with E-state index in [9.17, 15) is 0 Å². The molecule has 1 aromatic heterocycles. The Kier molecular flexibility index (Phi) is 5.06. The third-order valence-electron chi connectivity index (χ3n) is 2.88. The first-order valence-electron chi connectivity index (χ1n) is 6.10. The zero-order valence-corrected chi connectivity index (χ0v) is 13.4. The van der Waals surface area contributed by atoms with Crippen molar-refractivity contribution in [2.45, 2.75) is 57.7 Å². The summed E-state index contributed by atoms with van der Waals surface area (Å²) < 4.78 is 0. The van der Waals surface area contributed by atoms with Gasteiger partial charge in [-0.1, -0.05) is 57.0 Å². The van der Waals surface area contributed by atoms with Gasteiger partial charge in [0.05, 0.1) is 4.83 Å². The largest absolute Gasteiger partial charge is 0.144 e. The zero-order chi connectivity index (χ0) is 12.3. The monoisotopic (exact) mass is 302 g/mol. The third-order valence-corrected chi connectivity index (χ3v) is 6.17. The standard InChI is InChI=1S/C14H23BrS/c1-6-7-10(2)13(15)11-8-9-12(16-11)14(3,4)5/h8-10,13H,6-7H2,1-5H3. The summed E-state index contributed by atoms with van der Waals surface area (Å²) in [7, 11) is 0. The van der Waals surface area contributed by atoms with Gasteiger partial charge in [0.15, 0.2) is 0 Å². The van der Waals surface area contributed by atoms with Crippen LogP contribution in [0.3, 0.4) is 0 Å². The highest BCUT2D eigenvalue weighted by atomic mass is 79.9. The summed E-state index contributed by atoms with van der Waals surface area (Å²) in [6, 6.07) is 4.57. The summed E-state index contributed by atoms with van der Waals surface area (Å²) in [6.07, 6.45) is 2.55. The Balaban J connectivity index is 2.78. The fraction of sp³-hybridized carbons (Fsp3) is 0.714. The SMILES string of the molecule is CCCC(C)C(Br)c1ccc(C(C)(C)C)s1. The summed E-state index contributed by atoms with van der Waals surface area (Å²) in [5.74, 6) is 0.719. The summed E-state index contributed by atoms with van der Waals surface area (Å²) in [5.41, 5.74) is 0.281. The molecule has 0 aliphatic heterocycles. The molecule has 0 nitrogen and oxygen atoms in total. The molecule has 1 aromatic rings. The molecule has 0 saturated carbocycles. The van der Waals surface area contributed by atoms with Gasteiger partial charge in [-0.2, -0.15) is 0 Å². The second-order valence-corrected chi connectivity index (χ2v) is 7.72. The quantitative estimate of drug-likeness (QED) is 0.606. The highest BCUT2D eigenvalue weighted by Gasteiger charge is 2.21. The second kappa shape index (κ2) is 5.68. The average molecular weight is 303 g/mol. The molecule has 0 N–H and O–H groups in total. The zero-order valence-electron chi connectivity index (χ0n) is 11.0. The third kappa shape index (κ3) is 3.59. The molecule has 0 aliphatic carbocycles. The number of alkyl halides is 1. The van der Waals surface area contributed by atoms with Crippen LogP contribution in [0.2, 0.25) is 0 Å². The van der Waals surface area contributed by atoms with E-state index in [1.165, 1.54) is 22.6 Å². The van der Waals surface area contributed by atoms with Crippen molar-refractivity contribution < 1.29 is 0 Å². The molecule has 0 aliphatic rings. The Morgan fingerprint density at radius 3 is 2.38 bits per heavy atom. The van der Waals surface area contributed by atoms with Gasteiger partial charge in [0, 0.05) is 9.75 Å². The molecular weight excluding hydrogens is 280 g/mol. The van der Waals surface area contributed by atoms with Crippen molar-refractivity contribution in [3.05, 3.63) is 21.9 Å². The molecule has 16 heavy (non-hydrogen) atoms. The first kappa shape index (κ1) is 14.2. The molecule has 1 heterocycles. The number of rotatable bonds is 4. The van der Waals surface area contributed by atoms with E-state index in [4.69, 9.17) is 0 Å². The van der Waals surface area contributed by atoms with Crippen LogP contribution >= 0.6 is 27.3 Å². The Morgan fingerprint density at radius 1 is 1.31 bits per heavy atom. The fourth-order valence-electron chi connectivity index (χ4n) is 1.79. The Bertz CT molecular complexity index is 322. The van der Waals surface area contributed by atoms with Gasteiger partial charge in [0.1, 0.15) is 0 Å². The normalized spacial score (nSPS) is 16.1. The van der Waals surface area contributed by atoms with Gasteiger partial charge in [-0.15, -0.1) is 11.3 Å². The molecule has 0 bridgehead atoms. The second-order valence-electron chi connectivity index (χ2n) is 5.62. The highest BCUT2D eigenvalue weighted by molar-refractivity contribution is 9.09. The lowest BCUT2D eigenvalue weighted by Crippen LogP contribution is -2.08. The number of halogens is 1. The molecule has 2 unspecified atom stereocenters. The van der Waals surface area contributed by atoms with Crippen molar-refractivity contribution in [3.8, 4) is 0 Å². The molecule has 0 amide bonds. The van der Waals surface area contributed by atoms with Gasteiger partial charge in [-0.25, -0.2) is 0 Å². The van der Waals surface area contributed by atoms with Crippen LogP contribution in [0.1, 0.15) is 62.0 Å². The minimum absolute atomic E-state index is 0.281. The summed E-state index contributed by atoms with van der Waals surface area (Å²) in [5, 5.41) is 0. The van der Waals surface area contributed by atoms with Crippen LogP contribution in [0.15, 0.2) is 12.1 Å². The highest BCUT2D eigenvalue weighted by Crippen LogP contribution is 2.40. The van der Waals surface area contributed by atoms with E-state index >= 15 is 0 Å². The molecule has 92 valence electrons. The minimum atomic E-state index is 0.281. The van der Waals surface area contributed by atoms with Crippen LogP contribution in [0.4, 0.5) is 0 Å². The first-order valence-corrected chi connectivity index (χ1v) is 7.83. The molecule has 2 atom stereocenters. The lowest BCUT2D eigenvalue weighted by Gasteiger charge is -2.18. The molecular formula is C14H23BrS. The van der Waals surface area contributed by atoms with Crippen molar-refractivity contribution in [2.75, 3.05) is 0 Å². The van der Waals surface area contributed by atoms with Crippen molar-refractivity contribution in [3.63, 3.8) is 0 Å². The molecule has 0 fully saturated rings. The maximum atomic E-state index is 3.84. The summed E-state index contributed by atoms with van der Waals surface area (Å²) >= 11 is 5.80. The van der Waals surface area contributed by atoms with Gasteiger partial charge >= 0.3 is 0 Å². The van der Waals surface area contributed by atoms with Crippen LogP contribution in [0.25, 0.3) is 0 Å². The molecule has 2 heteroatoms. The van der Waals surface area contributed by atoms with E-state index in [0.29, 0.717) is 4.83 Å². The Labute approximate surface area is 113 Å². The van der Waals surface area contributed by atoms with Crippen molar-refractivity contribution in [2.24, 2.45) is 5.92 Å². The van der Waals surface area contributed by atoms with Gasteiger partial charge in [0.2, 0.25) is 0 Å². The lowest BCUT2D eigenvalue weighted by atomic mass is 9.95. The van der Waals surface area contributed by atoms with E-state index in [1.54, 1.807) is 0 Å². The van der Waals surface area contributed by atoms with Crippen LogP contribution in [-0.4, -0.2) is 0 Å². The first-order chi connectivity index (χ1) is 7.36. The maximum Gasteiger partial charge on any atom is 0.0514 e. The van der Waals surface area contributed by atoms with Gasteiger partial charge in [-0.3, -0.25) is 0 Å². The molecule has 0 saturated heterocycles. The van der Waals surface area contributed by atoms with Crippen molar-refractivity contribution in [1.29, 1.82) is 0 Å². The molecule has 0 aromatic carbocycles. The average Bonchev–Trinajstić information content (AvgIpc) is 2.65. The van der Waals surface area contributed by atoms with Gasteiger partial charge in [-0.05, 0) is 29.9 Å². The molecule has 0 spiro atoms. The predicted octanol–water partition coefficient (Wildman–Crippen LogP) is 5.92. The van der Waals surface area contributed by atoms with E-state index in [2.05, 4.69) is 62.7 Å². The van der Waals surface area contributed by atoms with Crippen LogP contribution in [-0.2, 0) is 5.41 Å². The van der Waals surface area contributed by atoms with Gasteiger partial charge < -0.3 is 0 Å². The molecule has 1 rings (SSSR count). The Morgan fingerprint density at radius 2 is 1.94 bits per heavy atom. The van der Waals surface area contributed by atoms with Crippen LogP contribution < -0.4 is 0 Å². The number of hydrogen-bond donors (Lipinski definition) is 0. The number of thiophene rings is 1. The smallest absolute Gasteiger partial charge is 0.0514 e. The van der Waals surface area contributed by atoms with Gasteiger partial charge in [0.25, 0.3) is 0 Å². The molecule has 0 radical (unpaired) electrons. The maximum absolute atomic E-state index is 3.84. The van der Waals surface area contributed by atoms with E-state index < -0.39 is 0 Å². The minimum Gasteiger partial charge on any atom is -0.144 e. The summed E-state index contributed by atoms with van der Waals surface area (Å²) in [6.45, 7) is 11.4. The van der Waals surface area contributed by atoms with Crippen LogP contribution in [0, 0.1) is 5.92 Å². The van der Waals surface area contributed by atoms with E-state index in [1.807, 2.05) is 11.3 Å². The van der Waals surface area contributed by atoms with Crippen molar-refractivity contribution in [1.82, 2.24) is 0 Å². The summed E-state index contributed by atoms with van der Waals surface area (Å²) in [4.78, 5) is 3.48. The Hall–Kier alpha value is 0.180. The topological polar surface area (TPSA) is 0 Å². The van der Waals surface area contributed by atoms with E-state index in [-0.39, 0.29) is 5.41 Å². The van der Waals surface area contributed by atoms with Crippen LogP contribution in [0.5, 0.6) is 0 Å². The number of hydrogen-bond acceptors (Lipinski definition) is 1. The van der Waals surface area contributed by atoms with Crippen molar-refractivity contribution >= 4 is 27.3 Å².